The third-order valence-corrected chi connectivity index (χ3v) is 11.0. The van der Waals surface area contributed by atoms with Crippen LogP contribution in [0.3, 0.4) is 0 Å². The molecule has 8 rings (SSSR count). The second-order valence-electron chi connectivity index (χ2n) is 14.7. The molecule has 256 valence electrons. The molecule has 1 saturated carbocycles. The molecule has 0 radical (unpaired) electrons. The summed E-state index contributed by atoms with van der Waals surface area (Å²) in [5.74, 6) is 0.736. The SMILES string of the molecule is Cc1cc(CCc2ccc(-c3cc(C)c(C)cn3)cc2)cc(-c2ccccc2-c2ccc(-c3cc(-c4ccc(C5CCCC5)cc4)ccn3)cc2)c1. The van der Waals surface area contributed by atoms with Gasteiger partial charge in [0, 0.05) is 23.5 Å². The van der Waals surface area contributed by atoms with E-state index >= 15 is 0 Å². The lowest BCUT2D eigenvalue weighted by molar-refractivity contribution is 0.723. The molecule has 1 aliphatic carbocycles. The Kier molecular flexibility index (Phi) is 9.64. The molecule has 0 saturated heterocycles. The monoisotopic (exact) mass is 674 g/mol. The summed E-state index contributed by atoms with van der Waals surface area (Å²) in [4.78, 5) is 9.41. The molecule has 0 amide bonds. The van der Waals surface area contributed by atoms with Crippen molar-refractivity contribution >= 4 is 0 Å². The highest BCUT2D eigenvalue weighted by atomic mass is 14.7. The van der Waals surface area contributed by atoms with Gasteiger partial charge in [0.1, 0.15) is 0 Å². The van der Waals surface area contributed by atoms with Crippen molar-refractivity contribution in [3.05, 3.63) is 179 Å². The van der Waals surface area contributed by atoms with Crippen molar-refractivity contribution in [3.63, 3.8) is 0 Å². The summed E-state index contributed by atoms with van der Waals surface area (Å²) < 4.78 is 0. The third kappa shape index (κ3) is 7.39. The summed E-state index contributed by atoms with van der Waals surface area (Å²) in [7, 11) is 0. The molecule has 2 nitrogen and oxygen atoms in total. The van der Waals surface area contributed by atoms with Gasteiger partial charge in [-0.25, -0.2) is 0 Å². The number of nitrogens with zero attached hydrogens (tertiary/aromatic N) is 2. The number of rotatable bonds is 9. The second-order valence-corrected chi connectivity index (χ2v) is 14.7. The lowest BCUT2D eigenvalue weighted by Crippen LogP contribution is -1.95. The first kappa shape index (κ1) is 33.5. The summed E-state index contributed by atoms with van der Waals surface area (Å²) in [6, 6.07) is 49.4. The van der Waals surface area contributed by atoms with Crippen molar-refractivity contribution in [1.82, 2.24) is 9.97 Å². The minimum Gasteiger partial charge on any atom is -0.256 e. The van der Waals surface area contributed by atoms with E-state index in [0.717, 1.165) is 35.7 Å². The van der Waals surface area contributed by atoms with E-state index in [0.29, 0.717) is 0 Å². The molecule has 0 spiro atoms. The fraction of sp³-hybridized carbons (Fsp3) is 0.200. The summed E-state index contributed by atoms with van der Waals surface area (Å²) in [5, 5.41) is 0. The van der Waals surface area contributed by atoms with Gasteiger partial charge in [-0.05, 0) is 132 Å². The summed E-state index contributed by atoms with van der Waals surface area (Å²) >= 11 is 0. The second kappa shape index (κ2) is 14.9. The highest BCUT2D eigenvalue weighted by Gasteiger charge is 2.17. The molecule has 52 heavy (non-hydrogen) atoms. The Morgan fingerprint density at radius 2 is 1.10 bits per heavy atom. The smallest absolute Gasteiger partial charge is 0.0708 e. The fourth-order valence-corrected chi connectivity index (χ4v) is 7.86. The molecule has 2 aromatic heterocycles. The van der Waals surface area contributed by atoms with Crippen molar-refractivity contribution in [2.45, 2.75) is 65.2 Å². The molecule has 1 fully saturated rings. The van der Waals surface area contributed by atoms with Crippen LogP contribution in [0.4, 0.5) is 0 Å². The molecule has 0 N–H and O–H groups in total. The maximum absolute atomic E-state index is 4.76. The van der Waals surface area contributed by atoms with E-state index < -0.39 is 0 Å². The Morgan fingerprint density at radius 3 is 1.81 bits per heavy atom. The van der Waals surface area contributed by atoms with Crippen LogP contribution in [-0.2, 0) is 12.8 Å². The number of hydrogen-bond acceptors (Lipinski definition) is 2. The molecular formula is C50H46N2. The highest BCUT2D eigenvalue weighted by molar-refractivity contribution is 5.85. The van der Waals surface area contributed by atoms with E-state index in [9.17, 15) is 0 Å². The van der Waals surface area contributed by atoms with Crippen molar-refractivity contribution in [1.29, 1.82) is 0 Å². The van der Waals surface area contributed by atoms with Gasteiger partial charge < -0.3 is 0 Å². The zero-order valence-corrected chi connectivity index (χ0v) is 30.6. The molecule has 2 heteroatoms. The number of aromatic nitrogens is 2. The number of hydrogen-bond donors (Lipinski definition) is 0. The Hall–Kier alpha value is -5.60. The van der Waals surface area contributed by atoms with Crippen LogP contribution in [0, 0.1) is 20.8 Å². The van der Waals surface area contributed by atoms with Crippen LogP contribution < -0.4 is 0 Å². The molecule has 0 atom stereocenters. The highest BCUT2D eigenvalue weighted by Crippen LogP contribution is 2.37. The van der Waals surface area contributed by atoms with Gasteiger partial charge in [-0.1, -0.05) is 134 Å². The predicted octanol–water partition coefficient (Wildman–Crippen LogP) is 13.2. The average Bonchev–Trinajstić information content (AvgIpc) is 3.74. The Labute approximate surface area is 309 Å². The molecule has 7 aromatic rings. The van der Waals surface area contributed by atoms with Gasteiger partial charge in [-0.15, -0.1) is 0 Å². The minimum atomic E-state index is 0.736. The first-order valence-electron chi connectivity index (χ1n) is 18.9. The third-order valence-electron chi connectivity index (χ3n) is 11.0. The zero-order chi connectivity index (χ0) is 35.4. The molecular weight excluding hydrogens is 629 g/mol. The van der Waals surface area contributed by atoms with Gasteiger partial charge >= 0.3 is 0 Å². The van der Waals surface area contributed by atoms with Crippen LogP contribution in [-0.4, -0.2) is 9.97 Å². The number of benzene rings is 5. The van der Waals surface area contributed by atoms with E-state index in [4.69, 9.17) is 4.98 Å². The molecule has 5 aromatic carbocycles. The largest absolute Gasteiger partial charge is 0.256 e. The molecule has 0 bridgehead atoms. The van der Waals surface area contributed by atoms with Crippen LogP contribution in [0.5, 0.6) is 0 Å². The van der Waals surface area contributed by atoms with E-state index in [1.165, 1.54) is 98.0 Å². The molecule has 1 aliphatic rings. The van der Waals surface area contributed by atoms with Crippen LogP contribution in [0.25, 0.3) is 55.9 Å². The minimum absolute atomic E-state index is 0.736. The Balaban J connectivity index is 0.986. The molecule has 2 heterocycles. The first-order valence-corrected chi connectivity index (χ1v) is 18.9. The van der Waals surface area contributed by atoms with Crippen molar-refractivity contribution in [2.75, 3.05) is 0 Å². The maximum Gasteiger partial charge on any atom is 0.0708 e. The van der Waals surface area contributed by atoms with Gasteiger partial charge in [0.15, 0.2) is 0 Å². The quantitative estimate of drug-likeness (QED) is 0.152. The van der Waals surface area contributed by atoms with E-state index in [-0.39, 0.29) is 0 Å². The normalized spacial score (nSPS) is 13.1. The maximum atomic E-state index is 4.76. The number of aryl methyl sites for hydroxylation is 5. The first-order chi connectivity index (χ1) is 25.5. The molecule has 0 unspecified atom stereocenters. The standard InChI is InChI=1S/C50H46N2/c1-34-28-38(13-12-37-14-16-43(17-15-37)49-30-35(2)36(3)33-52-49)31-46(29-34)48-11-7-6-10-47(48)42-22-24-44(25-23-42)50-32-45(26-27-51-50)41-20-18-40(19-21-41)39-8-4-5-9-39/h6-7,10-11,14-33,39H,4-5,8-9,12-13H2,1-3H3. The van der Waals surface area contributed by atoms with Gasteiger partial charge in [0.25, 0.3) is 0 Å². The van der Waals surface area contributed by atoms with Crippen LogP contribution in [0.1, 0.15) is 65.0 Å². The summed E-state index contributed by atoms with van der Waals surface area (Å²) in [5.41, 5.74) is 19.7. The van der Waals surface area contributed by atoms with Crippen LogP contribution >= 0.6 is 0 Å². The van der Waals surface area contributed by atoms with E-state index in [2.05, 4.69) is 159 Å². The van der Waals surface area contributed by atoms with E-state index in [1.807, 2.05) is 12.4 Å². The van der Waals surface area contributed by atoms with Gasteiger partial charge in [-0.2, -0.15) is 0 Å². The van der Waals surface area contributed by atoms with Crippen LogP contribution in [0.15, 0.2) is 146 Å². The van der Waals surface area contributed by atoms with Gasteiger partial charge in [0.05, 0.1) is 11.4 Å². The van der Waals surface area contributed by atoms with Crippen molar-refractivity contribution in [2.24, 2.45) is 0 Å². The van der Waals surface area contributed by atoms with Crippen molar-refractivity contribution in [3.8, 4) is 55.9 Å². The number of pyridine rings is 2. The fourth-order valence-electron chi connectivity index (χ4n) is 7.86. The summed E-state index contributed by atoms with van der Waals surface area (Å²) in [6.45, 7) is 6.46. The predicted molar refractivity (Wildman–Crippen MR) is 218 cm³/mol. The topological polar surface area (TPSA) is 25.8 Å². The lowest BCUT2D eigenvalue weighted by atomic mass is 9.91. The van der Waals surface area contributed by atoms with Crippen LogP contribution in [0.2, 0.25) is 0 Å². The zero-order valence-electron chi connectivity index (χ0n) is 30.6. The lowest BCUT2D eigenvalue weighted by Gasteiger charge is -2.14. The Morgan fingerprint density at radius 1 is 0.481 bits per heavy atom. The van der Waals surface area contributed by atoms with Crippen molar-refractivity contribution < 1.29 is 0 Å². The average molecular weight is 675 g/mol. The Bertz CT molecular complexity index is 2310. The summed E-state index contributed by atoms with van der Waals surface area (Å²) in [6.07, 6.45) is 11.3. The van der Waals surface area contributed by atoms with E-state index in [1.54, 1.807) is 0 Å². The molecule has 0 aliphatic heterocycles. The van der Waals surface area contributed by atoms with Gasteiger partial charge in [0.2, 0.25) is 0 Å². The van der Waals surface area contributed by atoms with Gasteiger partial charge in [-0.3, -0.25) is 9.97 Å².